The Labute approximate surface area is 216 Å². The summed E-state index contributed by atoms with van der Waals surface area (Å²) < 4.78 is 5.78. The van der Waals surface area contributed by atoms with Gasteiger partial charge in [0.1, 0.15) is 6.10 Å². The van der Waals surface area contributed by atoms with E-state index in [0.717, 1.165) is 24.2 Å². The van der Waals surface area contributed by atoms with Gasteiger partial charge in [0.05, 0.1) is 0 Å². The Balaban J connectivity index is 1.56. The van der Waals surface area contributed by atoms with Crippen molar-refractivity contribution in [3.63, 3.8) is 0 Å². The molecule has 0 saturated heterocycles. The second-order valence-corrected chi connectivity index (χ2v) is 14.1. The minimum atomic E-state index is -0.111. The van der Waals surface area contributed by atoms with E-state index < -0.39 is 0 Å². The highest BCUT2D eigenvalue weighted by molar-refractivity contribution is 5.66. The van der Waals surface area contributed by atoms with Crippen molar-refractivity contribution in [3.8, 4) is 0 Å². The standard InChI is InChI=1S/C33H54O2/c1-10-25(21(2)3)12-11-22(4)26-15-19-33(9)29-14-13-27-23(5)30(35-24(6)34)17-18-31(27,7)28(29)16-20-32(26,33)8/h10,16,21-23,26-27,29-30H,11-15,17-20H2,1-9H3/b25-10-/t22-,23+,26-,27+,29-,30+,31+,32-,33+/m1/s1. The highest BCUT2D eigenvalue weighted by Gasteiger charge is 2.64. The summed E-state index contributed by atoms with van der Waals surface area (Å²) in [4.78, 5) is 11.7. The molecule has 0 aromatic carbocycles. The summed E-state index contributed by atoms with van der Waals surface area (Å²) in [5.41, 5.74) is 4.55. The molecule has 198 valence electrons. The van der Waals surface area contributed by atoms with Crippen molar-refractivity contribution in [1.82, 2.24) is 0 Å². The molecule has 0 spiro atoms. The molecule has 3 fully saturated rings. The lowest BCUT2D eigenvalue weighted by atomic mass is 9.43. The average molecular weight is 483 g/mol. The molecule has 4 aliphatic carbocycles. The zero-order valence-corrected chi connectivity index (χ0v) is 24.4. The van der Waals surface area contributed by atoms with Crippen LogP contribution in [0.5, 0.6) is 0 Å². The molecule has 0 amide bonds. The van der Waals surface area contributed by atoms with Crippen LogP contribution in [0.15, 0.2) is 23.3 Å². The van der Waals surface area contributed by atoms with Crippen molar-refractivity contribution < 1.29 is 9.53 Å². The van der Waals surface area contributed by atoms with E-state index in [4.69, 9.17) is 4.74 Å². The molecule has 2 nitrogen and oxygen atoms in total. The van der Waals surface area contributed by atoms with Crippen molar-refractivity contribution in [3.05, 3.63) is 23.3 Å². The van der Waals surface area contributed by atoms with Crippen molar-refractivity contribution in [2.45, 2.75) is 126 Å². The normalized spacial score (nSPS) is 44.2. The first-order valence-corrected chi connectivity index (χ1v) is 14.9. The quantitative estimate of drug-likeness (QED) is 0.279. The molecule has 0 heterocycles. The van der Waals surface area contributed by atoms with Gasteiger partial charge in [-0.15, -0.1) is 0 Å². The van der Waals surface area contributed by atoms with Crippen LogP contribution < -0.4 is 0 Å². The highest BCUT2D eigenvalue weighted by atomic mass is 16.5. The van der Waals surface area contributed by atoms with Crippen LogP contribution in [0.25, 0.3) is 0 Å². The van der Waals surface area contributed by atoms with Gasteiger partial charge in [-0.05, 0) is 116 Å². The Kier molecular flexibility index (Phi) is 7.47. The van der Waals surface area contributed by atoms with E-state index in [9.17, 15) is 4.79 Å². The van der Waals surface area contributed by atoms with E-state index in [-0.39, 0.29) is 17.5 Å². The lowest BCUT2D eigenvalue weighted by Gasteiger charge is -2.62. The van der Waals surface area contributed by atoms with Crippen LogP contribution in [-0.4, -0.2) is 12.1 Å². The number of hydrogen-bond acceptors (Lipinski definition) is 2. The van der Waals surface area contributed by atoms with Gasteiger partial charge in [0.25, 0.3) is 0 Å². The third kappa shape index (κ3) is 4.27. The Hall–Kier alpha value is -1.05. The van der Waals surface area contributed by atoms with Crippen LogP contribution in [0.2, 0.25) is 0 Å². The van der Waals surface area contributed by atoms with Crippen LogP contribution in [-0.2, 0) is 9.53 Å². The first kappa shape index (κ1) is 27.0. The number of fused-ring (bicyclic) bond motifs is 5. The van der Waals surface area contributed by atoms with Crippen LogP contribution in [0.3, 0.4) is 0 Å². The minimum absolute atomic E-state index is 0.108. The Morgan fingerprint density at radius 1 is 1.09 bits per heavy atom. The summed E-state index contributed by atoms with van der Waals surface area (Å²) in [5.74, 6) is 4.02. The van der Waals surface area contributed by atoms with Gasteiger partial charge in [-0.2, -0.15) is 0 Å². The van der Waals surface area contributed by atoms with E-state index in [2.05, 4.69) is 67.5 Å². The van der Waals surface area contributed by atoms with Gasteiger partial charge in [-0.25, -0.2) is 0 Å². The first-order chi connectivity index (χ1) is 16.4. The lowest BCUT2D eigenvalue weighted by molar-refractivity contribution is -0.157. The number of carbonyl (C=O) groups excluding carboxylic acids is 1. The maximum Gasteiger partial charge on any atom is 0.302 e. The van der Waals surface area contributed by atoms with Crippen LogP contribution in [0, 0.1) is 51.8 Å². The van der Waals surface area contributed by atoms with Crippen molar-refractivity contribution in [2.24, 2.45) is 51.8 Å². The predicted octanol–water partition coefficient (Wildman–Crippen LogP) is 9.15. The number of esters is 1. The monoisotopic (exact) mass is 482 g/mol. The predicted molar refractivity (Wildman–Crippen MR) is 147 cm³/mol. The maximum atomic E-state index is 11.7. The highest BCUT2D eigenvalue weighted by Crippen LogP contribution is 2.72. The van der Waals surface area contributed by atoms with Crippen molar-refractivity contribution in [2.75, 3.05) is 0 Å². The maximum absolute atomic E-state index is 11.7. The topological polar surface area (TPSA) is 26.3 Å². The third-order valence-electron chi connectivity index (χ3n) is 12.4. The van der Waals surface area contributed by atoms with Gasteiger partial charge >= 0.3 is 5.97 Å². The van der Waals surface area contributed by atoms with Crippen molar-refractivity contribution in [1.29, 1.82) is 0 Å². The van der Waals surface area contributed by atoms with Gasteiger partial charge in [0, 0.05) is 6.92 Å². The number of hydrogen-bond donors (Lipinski definition) is 0. The molecular weight excluding hydrogens is 428 g/mol. The van der Waals surface area contributed by atoms with Gasteiger partial charge in [0.15, 0.2) is 0 Å². The van der Waals surface area contributed by atoms with E-state index in [0.29, 0.717) is 28.6 Å². The molecule has 0 aromatic rings. The van der Waals surface area contributed by atoms with Gasteiger partial charge < -0.3 is 4.74 Å². The molecule has 0 bridgehead atoms. The zero-order chi connectivity index (χ0) is 25.8. The fourth-order valence-electron chi connectivity index (χ4n) is 10.0. The number of carbonyl (C=O) groups is 1. The molecule has 0 aliphatic heterocycles. The largest absolute Gasteiger partial charge is 0.462 e. The van der Waals surface area contributed by atoms with Gasteiger partial charge in [0.2, 0.25) is 0 Å². The SMILES string of the molecule is C/C=C(/CC[C@@H](C)[C@H]1CC[C@@]2(C)[C@@H]3CC[C@H]4[C@H](C)[C@@H](OC(C)=O)CC[C@]4(C)C3=CC[C@]12C)C(C)C. The van der Waals surface area contributed by atoms with Gasteiger partial charge in [-0.1, -0.05) is 71.8 Å². The molecule has 2 heteroatoms. The van der Waals surface area contributed by atoms with E-state index >= 15 is 0 Å². The van der Waals surface area contributed by atoms with Gasteiger partial charge in [-0.3, -0.25) is 4.79 Å². The summed E-state index contributed by atoms with van der Waals surface area (Å²) in [6.07, 6.45) is 16.7. The van der Waals surface area contributed by atoms with Crippen LogP contribution in [0.4, 0.5) is 0 Å². The lowest BCUT2D eigenvalue weighted by Crippen LogP contribution is -2.55. The van der Waals surface area contributed by atoms with Crippen LogP contribution >= 0.6 is 0 Å². The average Bonchev–Trinajstić information content (AvgIpc) is 3.07. The first-order valence-electron chi connectivity index (χ1n) is 14.9. The minimum Gasteiger partial charge on any atom is -0.462 e. The number of allylic oxidation sites excluding steroid dienone is 4. The smallest absolute Gasteiger partial charge is 0.302 e. The fraction of sp³-hybridized carbons (Fsp3) is 0.848. The number of ether oxygens (including phenoxy) is 1. The Bertz CT molecular complexity index is 866. The molecule has 0 unspecified atom stereocenters. The van der Waals surface area contributed by atoms with E-state index in [1.807, 2.05) is 0 Å². The second-order valence-electron chi connectivity index (χ2n) is 14.1. The molecule has 3 saturated carbocycles. The molecule has 0 radical (unpaired) electrons. The Morgan fingerprint density at radius 2 is 1.80 bits per heavy atom. The second kappa shape index (κ2) is 9.68. The molecule has 9 atom stereocenters. The summed E-state index contributed by atoms with van der Waals surface area (Å²) in [6.45, 7) is 21.3. The molecule has 4 rings (SSSR count). The molecule has 0 aromatic heterocycles. The summed E-state index contributed by atoms with van der Waals surface area (Å²) in [5, 5.41) is 0. The van der Waals surface area contributed by atoms with Crippen molar-refractivity contribution >= 4 is 5.97 Å². The van der Waals surface area contributed by atoms with E-state index in [1.165, 1.54) is 51.4 Å². The Morgan fingerprint density at radius 3 is 2.43 bits per heavy atom. The molecular formula is C33H54O2. The summed E-state index contributed by atoms with van der Waals surface area (Å²) in [6, 6.07) is 0. The fourth-order valence-corrected chi connectivity index (χ4v) is 10.0. The van der Waals surface area contributed by atoms with E-state index in [1.54, 1.807) is 18.1 Å². The molecule has 0 N–H and O–H groups in total. The zero-order valence-electron chi connectivity index (χ0n) is 24.4. The molecule has 35 heavy (non-hydrogen) atoms. The summed E-state index contributed by atoms with van der Waals surface area (Å²) >= 11 is 0. The summed E-state index contributed by atoms with van der Waals surface area (Å²) in [7, 11) is 0. The number of rotatable bonds is 6. The molecule has 4 aliphatic rings. The third-order valence-corrected chi connectivity index (χ3v) is 12.4. The van der Waals surface area contributed by atoms with Crippen LogP contribution in [0.1, 0.15) is 120 Å².